The minimum Gasteiger partial charge on any atom is -0.452 e. The summed E-state index contributed by atoms with van der Waals surface area (Å²) in [5.74, 6) is -0.293. The van der Waals surface area contributed by atoms with Crippen molar-refractivity contribution in [2.24, 2.45) is 0 Å². The van der Waals surface area contributed by atoms with Gasteiger partial charge in [0.2, 0.25) is 0 Å². The van der Waals surface area contributed by atoms with Crippen LogP contribution in [-0.2, 0) is 14.3 Å². The SMILES string of the molecule is CC(C)c1ccc(/C=C/C(=O)OCC(=O)Nc2ccccc2SCC#N)cc1. The van der Waals surface area contributed by atoms with Crippen molar-refractivity contribution in [3.63, 3.8) is 0 Å². The lowest BCUT2D eigenvalue weighted by Gasteiger charge is -2.09. The van der Waals surface area contributed by atoms with Gasteiger partial charge in [0.15, 0.2) is 6.61 Å². The minimum absolute atomic E-state index is 0.283. The van der Waals surface area contributed by atoms with Crippen LogP contribution in [0.5, 0.6) is 0 Å². The van der Waals surface area contributed by atoms with Gasteiger partial charge in [-0.2, -0.15) is 5.26 Å². The number of carbonyl (C=O) groups excluding carboxylic acids is 2. The number of rotatable bonds is 8. The maximum absolute atomic E-state index is 12.0. The number of amides is 1. The second-order valence-electron chi connectivity index (χ2n) is 6.25. The Hall–Kier alpha value is -3.04. The smallest absolute Gasteiger partial charge is 0.331 e. The zero-order chi connectivity index (χ0) is 20.4. The molecule has 1 amide bonds. The van der Waals surface area contributed by atoms with Crippen molar-refractivity contribution in [1.82, 2.24) is 0 Å². The summed E-state index contributed by atoms with van der Waals surface area (Å²) in [6.45, 7) is 3.86. The topological polar surface area (TPSA) is 79.2 Å². The molecule has 2 aromatic rings. The monoisotopic (exact) mass is 394 g/mol. The number of hydrogen-bond donors (Lipinski definition) is 1. The number of carbonyl (C=O) groups is 2. The van der Waals surface area contributed by atoms with E-state index in [0.717, 1.165) is 10.5 Å². The number of esters is 1. The summed E-state index contributed by atoms with van der Waals surface area (Å²) in [6, 6.07) is 17.1. The van der Waals surface area contributed by atoms with Crippen LogP contribution in [-0.4, -0.2) is 24.2 Å². The number of anilines is 1. The first-order valence-corrected chi connectivity index (χ1v) is 9.81. The number of hydrogen-bond acceptors (Lipinski definition) is 5. The molecule has 0 spiro atoms. The first-order valence-electron chi connectivity index (χ1n) is 8.83. The zero-order valence-electron chi connectivity index (χ0n) is 15.8. The van der Waals surface area contributed by atoms with Crippen LogP contribution in [0, 0.1) is 11.3 Å². The van der Waals surface area contributed by atoms with E-state index in [0.29, 0.717) is 11.6 Å². The Labute approximate surface area is 169 Å². The highest BCUT2D eigenvalue weighted by Crippen LogP contribution is 2.26. The first kappa shape index (κ1) is 21.3. The maximum Gasteiger partial charge on any atom is 0.331 e. The fraction of sp³-hybridized carbons (Fsp3) is 0.227. The van der Waals surface area contributed by atoms with Gasteiger partial charge in [0.25, 0.3) is 5.91 Å². The van der Waals surface area contributed by atoms with Crippen LogP contribution in [0.2, 0.25) is 0 Å². The van der Waals surface area contributed by atoms with E-state index in [9.17, 15) is 9.59 Å². The third kappa shape index (κ3) is 6.93. The third-order valence-corrected chi connectivity index (χ3v) is 4.75. The number of nitrogens with zero attached hydrogens (tertiary/aromatic N) is 1. The molecule has 0 saturated carbocycles. The maximum atomic E-state index is 12.0. The molecule has 28 heavy (non-hydrogen) atoms. The van der Waals surface area contributed by atoms with Gasteiger partial charge < -0.3 is 10.1 Å². The van der Waals surface area contributed by atoms with Crippen molar-refractivity contribution in [3.8, 4) is 6.07 Å². The van der Waals surface area contributed by atoms with Crippen molar-refractivity contribution in [2.75, 3.05) is 17.7 Å². The predicted octanol–water partition coefficient (Wildman–Crippen LogP) is 4.62. The minimum atomic E-state index is -0.588. The highest BCUT2D eigenvalue weighted by molar-refractivity contribution is 7.99. The molecule has 0 aliphatic heterocycles. The summed E-state index contributed by atoms with van der Waals surface area (Å²) >= 11 is 1.33. The van der Waals surface area contributed by atoms with E-state index < -0.39 is 11.9 Å². The van der Waals surface area contributed by atoms with E-state index in [4.69, 9.17) is 10.00 Å². The second kappa shape index (κ2) is 11.0. The summed E-state index contributed by atoms with van der Waals surface area (Å²) in [5.41, 5.74) is 2.70. The number of thioether (sulfide) groups is 1. The lowest BCUT2D eigenvalue weighted by molar-refractivity contribution is -0.142. The molecule has 5 nitrogen and oxygen atoms in total. The van der Waals surface area contributed by atoms with Gasteiger partial charge in [0.05, 0.1) is 17.5 Å². The highest BCUT2D eigenvalue weighted by Gasteiger charge is 2.09. The molecule has 0 fully saturated rings. The Bertz CT molecular complexity index is 883. The fourth-order valence-electron chi connectivity index (χ4n) is 2.33. The zero-order valence-corrected chi connectivity index (χ0v) is 16.7. The largest absolute Gasteiger partial charge is 0.452 e. The molecule has 0 heterocycles. The Morgan fingerprint density at radius 1 is 1.18 bits per heavy atom. The molecule has 1 N–H and O–H groups in total. The molecule has 144 valence electrons. The molecule has 0 aliphatic carbocycles. The fourth-order valence-corrected chi connectivity index (χ4v) is 3.00. The second-order valence-corrected chi connectivity index (χ2v) is 7.27. The Kier molecular flexibility index (Phi) is 8.32. The van der Waals surface area contributed by atoms with Gasteiger partial charge in [-0.15, -0.1) is 11.8 Å². The van der Waals surface area contributed by atoms with Crippen molar-refractivity contribution >= 4 is 35.4 Å². The van der Waals surface area contributed by atoms with Crippen molar-refractivity contribution in [1.29, 1.82) is 5.26 Å². The quantitative estimate of drug-likeness (QED) is 0.401. The molecular weight excluding hydrogens is 372 g/mol. The van der Waals surface area contributed by atoms with Gasteiger partial charge >= 0.3 is 5.97 Å². The van der Waals surface area contributed by atoms with E-state index in [1.165, 1.54) is 23.4 Å². The van der Waals surface area contributed by atoms with E-state index in [1.807, 2.05) is 42.5 Å². The molecule has 0 atom stereocenters. The molecule has 0 aliphatic rings. The van der Waals surface area contributed by atoms with Crippen LogP contribution < -0.4 is 5.32 Å². The van der Waals surface area contributed by atoms with Crippen LogP contribution in [0.3, 0.4) is 0 Å². The summed E-state index contributed by atoms with van der Waals surface area (Å²) in [4.78, 5) is 24.6. The summed E-state index contributed by atoms with van der Waals surface area (Å²) in [5, 5.41) is 11.4. The lowest BCUT2D eigenvalue weighted by Crippen LogP contribution is -2.20. The van der Waals surface area contributed by atoms with E-state index in [1.54, 1.807) is 18.2 Å². The average molecular weight is 394 g/mol. The van der Waals surface area contributed by atoms with Gasteiger partial charge in [-0.3, -0.25) is 4.79 Å². The van der Waals surface area contributed by atoms with Gasteiger partial charge in [0.1, 0.15) is 0 Å². The van der Waals surface area contributed by atoms with Crippen molar-refractivity contribution in [3.05, 3.63) is 65.7 Å². The number of nitrogens with one attached hydrogen (secondary N) is 1. The molecule has 2 aromatic carbocycles. The molecule has 2 rings (SSSR count). The van der Waals surface area contributed by atoms with Crippen LogP contribution in [0.15, 0.2) is 59.5 Å². The van der Waals surface area contributed by atoms with Gasteiger partial charge in [-0.05, 0) is 35.3 Å². The van der Waals surface area contributed by atoms with Gasteiger partial charge in [0, 0.05) is 11.0 Å². The van der Waals surface area contributed by atoms with Crippen LogP contribution in [0.4, 0.5) is 5.69 Å². The van der Waals surface area contributed by atoms with Crippen LogP contribution in [0.25, 0.3) is 6.08 Å². The molecule has 0 saturated heterocycles. The van der Waals surface area contributed by atoms with Crippen LogP contribution >= 0.6 is 11.8 Å². The summed E-state index contributed by atoms with van der Waals surface area (Å²) < 4.78 is 4.98. The van der Waals surface area contributed by atoms with E-state index >= 15 is 0 Å². The normalized spacial score (nSPS) is 10.6. The highest BCUT2D eigenvalue weighted by atomic mass is 32.2. The third-order valence-electron chi connectivity index (χ3n) is 3.81. The number of benzene rings is 2. The van der Waals surface area contributed by atoms with Crippen LogP contribution in [0.1, 0.15) is 30.9 Å². The van der Waals surface area contributed by atoms with E-state index in [-0.39, 0.29) is 12.4 Å². The van der Waals surface area contributed by atoms with Crippen molar-refractivity contribution in [2.45, 2.75) is 24.7 Å². The number of para-hydroxylation sites is 1. The standard InChI is InChI=1S/C22H22N2O3S/c1-16(2)18-10-7-17(8-11-18)9-12-22(26)27-15-21(25)24-19-5-3-4-6-20(19)28-14-13-23/h3-12,16H,14-15H2,1-2H3,(H,24,25)/b12-9+. The molecular formula is C22H22N2O3S. The van der Waals surface area contributed by atoms with E-state index in [2.05, 4.69) is 19.2 Å². The molecule has 6 heteroatoms. The summed E-state index contributed by atoms with van der Waals surface area (Å²) in [6.07, 6.45) is 2.95. The molecule has 0 radical (unpaired) electrons. The number of ether oxygens (including phenoxy) is 1. The van der Waals surface area contributed by atoms with Crippen molar-refractivity contribution < 1.29 is 14.3 Å². The molecule has 0 bridgehead atoms. The lowest BCUT2D eigenvalue weighted by atomic mass is 10.0. The molecule has 0 aromatic heterocycles. The average Bonchev–Trinajstić information content (AvgIpc) is 2.70. The first-order chi connectivity index (χ1) is 13.5. The predicted molar refractivity (Wildman–Crippen MR) is 112 cm³/mol. The van der Waals surface area contributed by atoms with Gasteiger partial charge in [-0.25, -0.2) is 4.79 Å². The Morgan fingerprint density at radius 2 is 1.89 bits per heavy atom. The molecule has 0 unspecified atom stereocenters. The summed E-state index contributed by atoms with van der Waals surface area (Å²) in [7, 11) is 0. The Morgan fingerprint density at radius 3 is 2.57 bits per heavy atom. The number of nitriles is 1. The Balaban J connectivity index is 1.84. The van der Waals surface area contributed by atoms with Gasteiger partial charge in [-0.1, -0.05) is 50.2 Å².